The third kappa shape index (κ3) is 2.70. The molecule has 84 valence electrons. The molecule has 1 heterocycles. The number of carbonyl (C=O) groups is 1. The lowest BCUT2D eigenvalue weighted by Crippen LogP contribution is -2.10. The van der Waals surface area contributed by atoms with Crippen molar-refractivity contribution in [3.05, 3.63) is 23.4 Å². The fraction of sp³-hybridized carbons (Fsp3) is 0.364. The second-order valence-corrected chi connectivity index (χ2v) is 2.94. The predicted octanol–water partition coefficient (Wildman–Crippen LogP) is 1.07. The summed E-state index contributed by atoms with van der Waals surface area (Å²) >= 11 is 0. The predicted molar refractivity (Wildman–Crippen MR) is 55.8 cm³/mol. The first-order valence-electron chi connectivity index (χ1n) is 4.80. The number of hydrogen-bond donors (Lipinski definition) is 0. The van der Waals surface area contributed by atoms with Crippen LogP contribution >= 0.6 is 0 Å². The topological polar surface area (TPSA) is 72.2 Å². The van der Waals surface area contributed by atoms with Gasteiger partial charge in [-0.15, -0.1) is 0 Å². The van der Waals surface area contributed by atoms with Crippen LogP contribution in [0.25, 0.3) is 0 Å². The van der Waals surface area contributed by atoms with Crippen molar-refractivity contribution in [2.75, 3.05) is 13.7 Å². The molecular formula is C11H12N2O3. The van der Waals surface area contributed by atoms with E-state index >= 15 is 0 Å². The third-order valence-corrected chi connectivity index (χ3v) is 1.96. The zero-order valence-corrected chi connectivity index (χ0v) is 9.19. The molecule has 0 unspecified atom stereocenters. The van der Waals surface area contributed by atoms with E-state index in [0.29, 0.717) is 17.7 Å². The number of aromatic nitrogens is 1. The highest BCUT2D eigenvalue weighted by Crippen LogP contribution is 2.19. The van der Waals surface area contributed by atoms with Crippen LogP contribution in [0.3, 0.4) is 0 Å². The molecule has 0 saturated heterocycles. The van der Waals surface area contributed by atoms with Crippen LogP contribution in [0.15, 0.2) is 12.3 Å². The Balaban J connectivity index is 3.01. The number of hydrogen-bond acceptors (Lipinski definition) is 5. The summed E-state index contributed by atoms with van der Waals surface area (Å²) in [5, 5.41) is 8.90. The quantitative estimate of drug-likeness (QED) is 0.709. The van der Waals surface area contributed by atoms with E-state index in [4.69, 9.17) is 14.7 Å². The zero-order valence-electron chi connectivity index (χ0n) is 9.19. The van der Waals surface area contributed by atoms with Crippen LogP contribution in [0.1, 0.15) is 18.1 Å². The summed E-state index contributed by atoms with van der Waals surface area (Å²) in [6, 6.07) is 3.53. The normalized spacial score (nSPS) is 9.31. The first kappa shape index (κ1) is 12.0. The van der Waals surface area contributed by atoms with Crippen LogP contribution in [0, 0.1) is 11.3 Å². The smallest absolute Gasteiger partial charge is 0.310 e. The maximum absolute atomic E-state index is 11.3. The molecule has 0 aliphatic carbocycles. The molecule has 0 radical (unpaired) electrons. The van der Waals surface area contributed by atoms with Crippen molar-refractivity contribution in [2.45, 2.75) is 13.3 Å². The van der Waals surface area contributed by atoms with Gasteiger partial charge in [0.05, 0.1) is 31.8 Å². The summed E-state index contributed by atoms with van der Waals surface area (Å²) in [5.74, 6) is -0.114. The van der Waals surface area contributed by atoms with Crippen LogP contribution in [0.4, 0.5) is 0 Å². The van der Waals surface area contributed by atoms with Crippen LogP contribution in [0.5, 0.6) is 5.88 Å². The number of esters is 1. The second kappa shape index (κ2) is 5.71. The van der Waals surface area contributed by atoms with Gasteiger partial charge in [0.1, 0.15) is 0 Å². The molecule has 1 aromatic rings. The number of nitriles is 1. The summed E-state index contributed by atoms with van der Waals surface area (Å²) in [6.07, 6.45) is 1.46. The molecular weight excluding hydrogens is 208 g/mol. The summed E-state index contributed by atoms with van der Waals surface area (Å²) < 4.78 is 9.81. The number of nitrogens with zero attached hydrogens (tertiary/aromatic N) is 2. The van der Waals surface area contributed by atoms with Crippen LogP contribution in [0.2, 0.25) is 0 Å². The van der Waals surface area contributed by atoms with E-state index in [-0.39, 0.29) is 12.3 Å². The molecule has 0 saturated carbocycles. The summed E-state index contributed by atoms with van der Waals surface area (Å²) in [7, 11) is 1.44. The van der Waals surface area contributed by atoms with Gasteiger partial charge in [0.2, 0.25) is 5.88 Å². The number of methoxy groups -OCH3 is 1. The first-order chi connectivity index (χ1) is 7.72. The lowest BCUT2D eigenvalue weighted by atomic mass is 10.1. The van der Waals surface area contributed by atoms with Crippen molar-refractivity contribution in [2.24, 2.45) is 0 Å². The average Bonchev–Trinajstić information content (AvgIpc) is 2.29. The summed E-state index contributed by atoms with van der Waals surface area (Å²) in [5.41, 5.74) is 0.839. The summed E-state index contributed by atoms with van der Waals surface area (Å²) in [4.78, 5) is 15.3. The minimum absolute atomic E-state index is 0.00620. The highest BCUT2D eigenvalue weighted by molar-refractivity contribution is 5.74. The van der Waals surface area contributed by atoms with Gasteiger partial charge in [-0.05, 0) is 13.0 Å². The lowest BCUT2D eigenvalue weighted by molar-refractivity contribution is -0.142. The number of pyridine rings is 1. The molecule has 0 bridgehead atoms. The molecule has 1 rings (SSSR count). The van der Waals surface area contributed by atoms with Crippen LogP contribution < -0.4 is 4.74 Å². The van der Waals surface area contributed by atoms with Crippen molar-refractivity contribution >= 4 is 5.97 Å². The molecule has 0 fully saturated rings. The number of rotatable bonds is 4. The van der Waals surface area contributed by atoms with E-state index in [1.165, 1.54) is 19.4 Å². The summed E-state index contributed by atoms with van der Waals surface area (Å²) in [6.45, 7) is 2.03. The first-order valence-corrected chi connectivity index (χ1v) is 4.80. The number of ether oxygens (including phenoxy) is 2. The molecule has 0 aliphatic rings. The van der Waals surface area contributed by atoms with Crippen LogP contribution in [-0.4, -0.2) is 24.7 Å². The second-order valence-electron chi connectivity index (χ2n) is 2.94. The van der Waals surface area contributed by atoms with Gasteiger partial charge < -0.3 is 9.47 Å². The van der Waals surface area contributed by atoms with E-state index in [2.05, 4.69) is 4.98 Å². The zero-order chi connectivity index (χ0) is 12.0. The molecule has 0 aromatic carbocycles. The molecule has 0 spiro atoms. The van der Waals surface area contributed by atoms with Gasteiger partial charge in [-0.3, -0.25) is 4.79 Å². The largest absolute Gasteiger partial charge is 0.481 e. The maximum Gasteiger partial charge on any atom is 0.310 e. The minimum Gasteiger partial charge on any atom is -0.481 e. The molecule has 0 atom stereocenters. The molecule has 5 heteroatoms. The van der Waals surface area contributed by atoms with Gasteiger partial charge in [-0.25, -0.2) is 4.98 Å². The SMILES string of the molecule is CCOC(=O)Cc1c(C#N)ccnc1OC. The van der Waals surface area contributed by atoms with E-state index < -0.39 is 5.97 Å². The van der Waals surface area contributed by atoms with E-state index in [1.54, 1.807) is 6.92 Å². The molecule has 0 aliphatic heterocycles. The number of carbonyl (C=O) groups excluding carboxylic acids is 1. The minimum atomic E-state index is -0.398. The fourth-order valence-corrected chi connectivity index (χ4v) is 1.28. The van der Waals surface area contributed by atoms with Gasteiger partial charge >= 0.3 is 5.97 Å². The Morgan fingerprint density at radius 2 is 2.38 bits per heavy atom. The molecule has 5 nitrogen and oxygen atoms in total. The van der Waals surface area contributed by atoms with E-state index in [0.717, 1.165) is 0 Å². The molecule has 0 N–H and O–H groups in total. The average molecular weight is 220 g/mol. The molecule has 16 heavy (non-hydrogen) atoms. The van der Waals surface area contributed by atoms with Gasteiger partial charge in [-0.2, -0.15) is 5.26 Å². The van der Waals surface area contributed by atoms with Gasteiger partial charge in [0.25, 0.3) is 0 Å². The Bertz CT molecular complexity index is 424. The van der Waals surface area contributed by atoms with Crippen molar-refractivity contribution < 1.29 is 14.3 Å². The van der Waals surface area contributed by atoms with Gasteiger partial charge in [-0.1, -0.05) is 0 Å². The standard InChI is InChI=1S/C11H12N2O3/c1-3-16-10(14)6-9-8(7-12)4-5-13-11(9)15-2/h4-5H,3,6H2,1-2H3. The van der Waals surface area contributed by atoms with Crippen molar-refractivity contribution in [3.63, 3.8) is 0 Å². The van der Waals surface area contributed by atoms with Crippen molar-refractivity contribution in [1.82, 2.24) is 4.98 Å². The van der Waals surface area contributed by atoms with Crippen molar-refractivity contribution in [3.8, 4) is 11.9 Å². The van der Waals surface area contributed by atoms with Crippen molar-refractivity contribution in [1.29, 1.82) is 5.26 Å². The highest BCUT2D eigenvalue weighted by Gasteiger charge is 2.14. The van der Waals surface area contributed by atoms with Gasteiger partial charge in [0, 0.05) is 11.8 Å². The van der Waals surface area contributed by atoms with E-state index in [9.17, 15) is 4.79 Å². The highest BCUT2D eigenvalue weighted by atomic mass is 16.5. The Kier molecular flexibility index (Phi) is 4.28. The monoisotopic (exact) mass is 220 g/mol. The van der Waals surface area contributed by atoms with E-state index in [1.807, 2.05) is 6.07 Å². The molecule has 1 aromatic heterocycles. The molecule has 0 amide bonds. The fourth-order valence-electron chi connectivity index (χ4n) is 1.28. The third-order valence-electron chi connectivity index (χ3n) is 1.96. The lowest BCUT2D eigenvalue weighted by Gasteiger charge is -2.08. The Morgan fingerprint density at radius 3 is 2.94 bits per heavy atom. The Labute approximate surface area is 93.6 Å². The van der Waals surface area contributed by atoms with Gasteiger partial charge in [0.15, 0.2) is 0 Å². The Hall–Kier alpha value is -2.09. The van der Waals surface area contributed by atoms with Crippen LogP contribution in [-0.2, 0) is 16.0 Å². The Morgan fingerprint density at radius 1 is 1.62 bits per heavy atom. The maximum atomic E-state index is 11.3.